The summed E-state index contributed by atoms with van der Waals surface area (Å²) in [6.07, 6.45) is 0. The van der Waals surface area contributed by atoms with E-state index >= 15 is 0 Å². The second kappa shape index (κ2) is 4.71. The molecule has 0 aliphatic heterocycles. The first-order valence-electron chi connectivity index (χ1n) is 5.53. The maximum atomic E-state index is 13.4. The smallest absolute Gasteiger partial charge is 0.136 e. The molecule has 4 nitrogen and oxygen atoms in total. The average molecular weight is 303 g/mol. The molecule has 0 fully saturated rings. The number of aromatic nitrogens is 3. The van der Waals surface area contributed by atoms with Crippen LogP contribution in [0, 0.1) is 5.82 Å². The van der Waals surface area contributed by atoms with Crippen LogP contribution in [0.1, 0.15) is 0 Å². The molecule has 0 atom stereocenters. The molecule has 0 aliphatic carbocycles. The van der Waals surface area contributed by atoms with Gasteiger partial charge in [-0.15, -0.1) is 40.3 Å². The van der Waals surface area contributed by atoms with Crippen LogP contribution in [-0.4, -0.2) is 27.9 Å². The molecule has 3 rings (SSSR count). The Morgan fingerprint density at radius 3 is 2.15 bits per heavy atom. The van der Waals surface area contributed by atoms with Crippen LogP contribution in [0.15, 0.2) is 34.1 Å². The van der Waals surface area contributed by atoms with E-state index in [2.05, 4.69) is 35.5 Å². The molecule has 8 heteroatoms. The first-order chi connectivity index (χ1) is 9.45. The van der Waals surface area contributed by atoms with Gasteiger partial charge in [0.2, 0.25) is 0 Å². The molecule has 0 saturated carbocycles. The molecule has 1 heterocycles. The van der Waals surface area contributed by atoms with Crippen molar-refractivity contribution in [2.24, 2.45) is 0 Å². The van der Waals surface area contributed by atoms with Crippen molar-refractivity contribution in [1.82, 2.24) is 15.0 Å². The fraction of sp³-hybridized carbons (Fsp3) is 0. The first-order valence-corrected chi connectivity index (χ1v) is 6.42. The van der Waals surface area contributed by atoms with Crippen molar-refractivity contribution >= 4 is 49.6 Å². The van der Waals surface area contributed by atoms with Gasteiger partial charge in [0.15, 0.2) is 0 Å². The fourth-order valence-corrected chi connectivity index (χ4v) is 2.18. The first kappa shape index (κ1) is 13.3. The second-order valence-electron chi connectivity index (χ2n) is 4.18. The third-order valence-corrected chi connectivity index (χ3v) is 3.69. The van der Waals surface area contributed by atoms with Gasteiger partial charge in [-0.1, -0.05) is 5.46 Å². The molecule has 0 aliphatic rings. The van der Waals surface area contributed by atoms with E-state index < -0.39 is 5.82 Å². The van der Waals surface area contributed by atoms with E-state index in [4.69, 9.17) is 7.85 Å². The number of nitrogens with zero attached hydrogens (tertiary/aromatic N) is 3. The number of phenolic OH excluding ortho intramolecular Hbond substituents is 1. The molecular weight excluding hydrogens is 296 g/mol. The monoisotopic (exact) mass is 303 g/mol. The largest absolute Gasteiger partial charge is 0.506 e. The number of fused-ring (bicyclic) bond motifs is 1. The zero-order chi connectivity index (χ0) is 14.4. The van der Waals surface area contributed by atoms with Gasteiger partial charge in [-0.2, -0.15) is 0 Å². The molecule has 0 bridgehead atoms. The Kier molecular flexibility index (Phi) is 3.14. The maximum Gasteiger partial charge on any atom is 0.136 e. The Bertz CT molecular complexity index is 798. The zero-order valence-electron chi connectivity index (χ0n) is 9.95. The summed E-state index contributed by atoms with van der Waals surface area (Å²) in [4.78, 5) is 2.42. The molecule has 1 aromatic heterocycles. The summed E-state index contributed by atoms with van der Waals surface area (Å²) in [6.45, 7) is 0. The molecule has 3 aromatic rings. The van der Waals surface area contributed by atoms with E-state index in [-0.39, 0.29) is 16.9 Å². The molecule has 1 N–H and O–H groups in total. The van der Waals surface area contributed by atoms with Crippen LogP contribution in [0.5, 0.6) is 5.75 Å². The summed E-state index contributed by atoms with van der Waals surface area (Å²) in [7, 11) is 5.52. The van der Waals surface area contributed by atoms with Crippen molar-refractivity contribution in [2.75, 3.05) is 0 Å². The van der Waals surface area contributed by atoms with Crippen LogP contribution in [0.25, 0.3) is 16.7 Å². The third kappa shape index (κ3) is 2.14. The number of hydrogen-bond donors (Lipinski definition) is 3. The summed E-state index contributed by atoms with van der Waals surface area (Å²) in [5.41, 5.74) is 1.09. The van der Waals surface area contributed by atoms with Crippen molar-refractivity contribution in [3.63, 3.8) is 0 Å². The van der Waals surface area contributed by atoms with Crippen LogP contribution < -0.4 is 5.46 Å². The number of phenols is 1. The Labute approximate surface area is 125 Å². The van der Waals surface area contributed by atoms with Crippen molar-refractivity contribution in [2.45, 2.75) is 9.79 Å². The SMILES string of the molecule is [B]c1cc(F)cc(-n2nc3cc(S)c(S)cc3n2)c1O. The highest BCUT2D eigenvalue weighted by molar-refractivity contribution is 7.83. The molecule has 0 unspecified atom stereocenters. The van der Waals surface area contributed by atoms with E-state index in [1.807, 2.05) is 0 Å². The van der Waals surface area contributed by atoms with E-state index in [0.29, 0.717) is 20.8 Å². The molecule has 20 heavy (non-hydrogen) atoms. The van der Waals surface area contributed by atoms with Gasteiger partial charge in [-0.25, -0.2) is 4.39 Å². The summed E-state index contributed by atoms with van der Waals surface area (Å²) < 4.78 is 13.4. The number of halogens is 1. The van der Waals surface area contributed by atoms with Crippen LogP contribution >= 0.6 is 25.3 Å². The standard InChI is InChI=1S/C12H7BFN3OS2/c13-6-1-5(14)2-9(12(6)18)17-15-7-3-10(19)11(20)4-8(7)16-17/h1-4,18-20H. The topological polar surface area (TPSA) is 50.9 Å². The quantitative estimate of drug-likeness (QED) is 0.473. The predicted octanol–water partition coefficient (Wildman–Crippen LogP) is 1.64. The minimum atomic E-state index is -0.582. The maximum absolute atomic E-state index is 13.4. The lowest BCUT2D eigenvalue weighted by atomic mass is 9.94. The van der Waals surface area contributed by atoms with Gasteiger partial charge >= 0.3 is 0 Å². The molecule has 2 radical (unpaired) electrons. The Morgan fingerprint density at radius 1 is 1.05 bits per heavy atom. The van der Waals surface area contributed by atoms with Crippen molar-refractivity contribution in [3.05, 3.63) is 30.1 Å². The van der Waals surface area contributed by atoms with Crippen molar-refractivity contribution < 1.29 is 9.50 Å². The summed E-state index contributed by atoms with van der Waals surface area (Å²) in [5, 5.41) is 18.2. The molecule has 2 aromatic carbocycles. The number of benzene rings is 2. The number of thiol groups is 2. The number of aromatic hydroxyl groups is 1. The molecule has 0 spiro atoms. The van der Waals surface area contributed by atoms with Crippen molar-refractivity contribution in [3.8, 4) is 11.4 Å². The summed E-state index contributed by atoms with van der Waals surface area (Å²) in [5.74, 6) is -0.856. The molecule has 98 valence electrons. The van der Waals surface area contributed by atoms with Crippen molar-refractivity contribution in [1.29, 1.82) is 0 Å². The van der Waals surface area contributed by atoms with Gasteiger partial charge in [-0.3, -0.25) is 0 Å². The lowest BCUT2D eigenvalue weighted by Crippen LogP contribution is -2.10. The molecule has 0 amide bonds. The second-order valence-corrected chi connectivity index (χ2v) is 5.15. The third-order valence-electron chi connectivity index (χ3n) is 2.78. The zero-order valence-corrected chi connectivity index (χ0v) is 11.7. The lowest BCUT2D eigenvalue weighted by Gasteiger charge is -2.06. The fourth-order valence-electron chi connectivity index (χ4n) is 1.81. The van der Waals surface area contributed by atoms with Gasteiger partial charge in [0.1, 0.15) is 36.1 Å². The summed E-state index contributed by atoms with van der Waals surface area (Å²) >= 11 is 8.48. The van der Waals surface area contributed by atoms with Gasteiger partial charge in [0.25, 0.3) is 0 Å². The van der Waals surface area contributed by atoms with Crippen LogP contribution in [0.4, 0.5) is 4.39 Å². The average Bonchev–Trinajstić information content (AvgIpc) is 2.77. The van der Waals surface area contributed by atoms with Gasteiger partial charge in [0, 0.05) is 15.9 Å². The summed E-state index contributed by atoms with van der Waals surface area (Å²) in [6, 6.07) is 5.50. The molecule has 0 saturated heterocycles. The minimum Gasteiger partial charge on any atom is -0.506 e. The van der Waals surface area contributed by atoms with E-state index in [9.17, 15) is 9.50 Å². The number of hydrogen-bond acceptors (Lipinski definition) is 5. The number of rotatable bonds is 1. The highest BCUT2D eigenvalue weighted by Crippen LogP contribution is 2.25. The van der Waals surface area contributed by atoms with E-state index in [0.717, 1.165) is 16.9 Å². The van der Waals surface area contributed by atoms with Gasteiger partial charge in [0.05, 0.1) is 0 Å². The predicted molar refractivity (Wildman–Crippen MR) is 80.4 cm³/mol. The minimum absolute atomic E-state index is 0.0696. The van der Waals surface area contributed by atoms with Crippen LogP contribution in [-0.2, 0) is 0 Å². The van der Waals surface area contributed by atoms with Crippen LogP contribution in [0.3, 0.4) is 0 Å². The lowest BCUT2D eigenvalue weighted by molar-refractivity contribution is 0.469. The van der Waals surface area contributed by atoms with Crippen LogP contribution in [0.2, 0.25) is 0 Å². The van der Waals surface area contributed by atoms with Gasteiger partial charge < -0.3 is 5.11 Å². The Balaban J connectivity index is 2.25. The van der Waals surface area contributed by atoms with E-state index in [1.54, 1.807) is 12.1 Å². The highest BCUT2D eigenvalue weighted by atomic mass is 32.1. The normalized spacial score (nSPS) is 11.2. The Hall–Kier alpha value is -1.67. The highest BCUT2D eigenvalue weighted by Gasteiger charge is 2.13. The molecular formula is C12H7BFN3OS2. The Morgan fingerprint density at radius 2 is 1.60 bits per heavy atom. The van der Waals surface area contributed by atoms with E-state index in [1.165, 1.54) is 0 Å². The van der Waals surface area contributed by atoms with Gasteiger partial charge in [-0.05, 0) is 18.2 Å².